The van der Waals surface area contributed by atoms with Gasteiger partial charge in [0.05, 0.1) is 6.20 Å². The predicted molar refractivity (Wildman–Crippen MR) is 63.2 cm³/mol. The maximum atomic E-state index is 11.8. The highest BCUT2D eigenvalue weighted by molar-refractivity contribution is 5.78. The summed E-state index contributed by atoms with van der Waals surface area (Å²) < 4.78 is 1.77. The van der Waals surface area contributed by atoms with Gasteiger partial charge in [-0.05, 0) is 32.4 Å². The Balaban J connectivity index is 1.59. The second kappa shape index (κ2) is 6.34. The molecule has 0 unspecified atom stereocenters. The number of amides is 1. The van der Waals surface area contributed by atoms with Gasteiger partial charge in [0.1, 0.15) is 0 Å². The maximum absolute atomic E-state index is 11.8. The average molecular weight is 237 g/mol. The topological polar surface area (TPSA) is 71.8 Å². The normalized spacial score (nSPS) is 16.9. The molecule has 2 heterocycles. The molecule has 1 fully saturated rings. The molecule has 0 bridgehead atoms. The molecule has 17 heavy (non-hydrogen) atoms. The van der Waals surface area contributed by atoms with Crippen LogP contribution in [0.15, 0.2) is 12.4 Å². The third kappa shape index (κ3) is 3.81. The van der Waals surface area contributed by atoms with Crippen molar-refractivity contribution in [3.63, 3.8) is 0 Å². The summed E-state index contributed by atoms with van der Waals surface area (Å²) in [4.78, 5) is 11.8. The van der Waals surface area contributed by atoms with E-state index in [0.29, 0.717) is 6.54 Å². The molecule has 2 rings (SSSR count). The van der Waals surface area contributed by atoms with Gasteiger partial charge < -0.3 is 10.6 Å². The molecular formula is C11H19N5O. The fourth-order valence-corrected chi connectivity index (χ4v) is 2.03. The molecule has 1 aliphatic rings. The van der Waals surface area contributed by atoms with Gasteiger partial charge in [0.25, 0.3) is 0 Å². The van der Waals surface area contributed by atoms with E-state index in [-0.39, 0.29) is 11.8 Å². The number of aryl methyl sites for hydroxylation is 1. The number of hydrogen-bond donors (Lipinski definition) is 2. The lowest BCUT2D eigenvalue weighted by atomic mass is 9.97. The first-order valence-corrected chi connectivity index (χ1v) is 6.19. The van der Waals surface area contributed by atoms with Crippen LogP contribution in [0.5, 0.6) is 0 Å². The Morgan fingerprint density at radius 2 is 2.29 bits per heavy atom. The van der Waals surface area contributed by atoms with Gasteiger partial charge in [-0.2, -0.15) is 0 Å². The summed E-state index contributed by atoms with van der Waals surface area (Å²) in [5.41, 5.74) is 0. The quantitative estimate of drug-likeness (QED) is 0.695. The van der Waals surface area contributed by atoms with E-state index in [4.69, 9.17) is 0 Å². The first-order chi connectivity index (χ1) is 8.36. The van der Waals surface area contributed by atoms with E-state index < -0.39 is 0 Å². The maximum Gasteiger partial charge on any atom is 0.223 e. The molecule has 0 radical (unpaired) electrons. The lowest BCUT2D eigenvalue weighted by Gasteiger charge is -2.21. The highest BCUT2D eigenvalue weighted by Crippen LogP contribution is 2.11. The van der Waals surface area contributed by atoms with Crippen molar-refractivity contribution in [3.8, 4) is 0 Å². The van der Waals surface area contributed by atoms with Gasteiger partial charge in [-0.25, -0.2) is 0 Å². The molecule has 6 nitrogen and oxygen atoms in total. The first-order valence-electron chi connectivity index (χ1n) is 6.19. The van der Waals surface area contributed by atoms with Crippen LogP contribution in [0, 0.1) is 5.92 Å². The molecule has 0 saturated carbocycles. The van der Waals surface area contributed by atoms with Crippen LogP contribution >= 0.6 is 0 Å². The Hall–Kier alpha value is -1.43. The van der Waals surface area contributed by atoms with Crippen LogP contribution in [-0.4, -0.2) is 40.5 Å². The number of piperidine rings is 1. The van der Waals surface area contributed by atoms with Crippen LogP contribution in [0.2, 0.25) is 0 Å². The van der Waals surface area contributed by atoms with Crippen LogP contribution in [0.25, 0.3) is 0 Å². The van der Waals surface area contributed by atoms with Crippen molar-refractivity contribution in [1.82, 2.24) is 25.6 Å². The number of aromatic nitrogens is 3. The molecule has 1 saturated heterocycles. The van der Waals surface area contributed by atoms with E-state index in [1.807, 2.05) is 6.20 Å². The zero-order chi connectivity index (χ0) is 11.9. The third-order valence-corrected chi connectivity index (χ3v) is 3.05. The first kappa shape index (κ1) is 12.0. The molecule has 94 valence electrons. The number of nitrogens with one attached hydrogen (secondary N) is 2. The third-order valence-electron chi connectivity index (χ3n) is 3.05. The lowest BCUT2D eigenvalue weighted by molar-refractivity contribution is -0.125. The van der Waals surface area contributed by atoms with E-state index in [9.17, 15) is 4.79 Å². The molecule has 0 aromatic carbocycles. The van der Waals surface area contributed by atoms with Crippen LogP contribution < -0.4 is 10.6 Å². The molecule has 2 N–H and O–H groups in total. The fraction of sp³-hybridized carbons (Fsp3) is 0.727. The van der Waals surface area contributed by atoms with Crippen molar-refractivity contribution in [2.75, 3.05) is 19.6 Å². The van der Waals surface area contributed by atoms with Crippen LogP contribution in [0.4, 0.5) is 0 Å². The van der Waals surface area contributed by atoms with E-state index in [1.54, 1.807) is 10.9 Å². The molecule has 0 spiro atoms. The summed E-state index contributed by atoms with van der Waals surface area (Å²) in [5.74, 6) is 0.396. The Morgan fingerprint density at radius 1 is 1.47 bits per heavy atom. The second-order valence-electron chi connectivity index (χ2n) is 4.33. The number of carbonyl (C=O) groups excluding carboxylic acids is 1. The van der Waals surface area contributed by atoms with Crippen molar-refractivity contribution in [3.05, 3.63) is 12.4 Å². The minimum Gasteiger partial charge on any atom is -0.356 e. The number of hydrogen-bond acceptors (Lipinski definition) is 4. The molecular weight excluding hydrogens is 218 g/mol. The van der Waals surface area contributed by atoms with E-state index in [1.165, 1.54) is 0 Å². The molecule has 6 heteroatoms. The average Bonchev–Trinajstić information content (AvgIpc) is 2.88. The van der Waals surface area contributed by atoms with Crippen molar-refractivity contribution in [2.24, 2.45) is 5.92 Å². The largest absolute Gasteiger partial charge is 0.356 e. The molecule has 1 aromatic rings. The highest BCUT2D eigenvalue weighted by atomic mass is 16.1. The fourth-order valence-electron chi connectivity index (χ4n) is 2.03. The minimum absolute atomic E-state index is 0.197. The van der Waals surface area contributed by atoms with Crippen LogP contribution in [-0.2, 0) is 11.3 Å². The number of nitrogens with zero attached hydrogens (tertiary/aromatic N) is 3. The Morgan fingerprint density at radius 3 is 3.00 bits per heavy atom. The standard InChI is InChI=1S/C11H19N5O/c17-11(10-2-5-12-6-3-10)13-4-1-8-16-9-7-14-15-16/h7,9-10,12H,1-6,8H2,(H,13,17). The second-order valence-corrected chi connectivity index (χ2v) is 4.33. The summed E-state index contributed by atoms with van der Waals surface area (Å²) in [6, 6.07) is 0. The molecule has 1 aliphatic heterocycles. The van der Waals surface area contributed by atoms with E-state index >= 15 is 0 Å². The smallest absolute Gasteiger partial charge is 0.223 e. The Bertz CT molecular complexity index is 332. The van der Waals surface area contributed by atoms with Gasteiger partial charge in [0, 0.05) is 25.2 Å². The van der Waals surface area contributed by atoms with Crippen molar-refractivity contribution >= 4 is 5.91 Å². The summed E-state index contributed by atoms with van der Waals surface area (Å²) in [6.45, 7) is 3.42. The number of rotatable bonds is 5. The number of carbonyl (C=O) groups is 1. The molecule has 0 aliphatic carbocycles. The van der Waals surface area contributed by atoms with Crippen molar-refractivity contribution in [1.29, 1.82) is 0 Å². The van der Waals surface area contributed by atoms with Crippen LogP contribution in [0.1, 0.15) is 19.3 Å². The van der Waals surface area contributed by atoms with Crippen molar-refractivity contribution in [2.45, 2.75) is 25.8 Å². The summed E-state index contributed by atoms with van der Waals surface area (Å²) >= 11 is 0. The monoisotopic (exact) mass is 237 g/mol. The van der Waals surface area contributed by atoms with Crippen LogP contribution in [0.3, 0.4) is 0 Å². The summed E-state index contributed by atoms with van der Waals surface area (Å²) in [6.07, 6.45) is 6.28. The van der Waals surface area contributed by atoms with Crippen molar-refractivity contribution < 1.29 is 4.79 Å². The predicted octanol–water partition coefficient (Wildman–Crippen LogP) is -0.216. The zero-order valence-corrected chi connectivity index (χ0v) is 9.93. The zero-order valence-electron chi connectivity index (χ0n) is 9.93. The Labute approximate surface area is 101 Å². The van der Waals surface area contributed by atoms with Gasteiger partial charge in [-0.15, -0.1) is 5.10 Å². The van der Waals surface area contributed by atoms with E-state index in [0.717, 1.165) is 38.9 Å². The SMILES string of the molecule is O=C(NCCCn1ccnn1)C1CCNCC1. The lowest BCUT2D eigenvalue weighted by Crippen LogP contribution is -2.38. The van der Waals surface area contributed by atoms with Gasteiger partial charge in [-0.3, -0.25) is 9.48 Å². The van der Waals surface area contributed by atoms with Gasteiger partial charge in [-0.1, -0.05) is 5.21 Å². The molecule has 0 atom stereocenters. The Kier molecular flexibility index (Phi) is 4.49. The highest BCUT2D eigenvalue weighted by Gasteiger charge is 2.19. The molecule has 1 amide bonds. The van der Waals surface area contributed by atoms with Gasteiger partial charge >= 0.3 is 0 Å². The van der Waals surface area contributed by atoms with E-state index in [2.05, 4.69) is 20.9 Å². The summed E-state index contributed by atoms with van der Waals surface area (Å²) in [5, 5.41) is 13.8. The van der Waals surface area contributed by atoms with Gasteiger partial charge in [0.2, 0.25) is 5.91 Å². The van der Waals surface area contributed by atoms with Gasteiger partial charge in [0.15, 0.2) is 0 Å². The minimum atomic E-state index is 0.197. The molecule has 1 aromatic heterocycles. The summed E-state index contributed by atoms with van der Waals surface area (Å²) in [7, 11) is 0.